The Balaban J connectivity index is 1.37. The number of nitrogens with zero attached hydrogens (tertiary/aromatic N) is 2. The van der Waals surface area contributed by atoms with Crippen LogP contribution < -0.4 is 0 Å². The van der Waals surface area contributed by atoms with Gasteiger partial charge in [-0.2, -0.15) is 9.98 Å². The van der Waals surface area contributed by atoms with E-state index in [0.717, 1.165) is 79.3 Å². The summed E-state index contributed by atoms with van der Waals surface area (Å²) in [4.78, 5) is 33.8. The molecule has 280 valence electrons. The van der Waals surface area contributed by atoms with Crippen LogP contribution in [0.5, 0.6) is 0 Å². The van der Waals surface area contributed by atoms with Gasteiger partial charge in [0.1, 0.15) is 0 Å². The van der Waals surface area contributed by atoms with Crippen LogP contribution in [0.15, 0.2) is 129 Å². The van der Waals surface area contributed by atoms with Crippen molar-refractivity contribution < 1.29 is 9.59 Å². The summed E-state index contributed by atoms with van der Waals surface area (Å²) in [6.07, 6.45) is 20.3. The van der Waals surface area contributed by atoms with Gasteiger partial charge in [-0.05, 0) is 94.1 Å². The van der Waals surface area contributed by atoms with E-state index in [2.05, 4.69) is 121 Å². The van der Waals surface area contributed by atoms with Gasteiger partial charge in [-0.25, -0.2) is 9.59 Å². The third-order valence-corrected chi connectivity index (χ3v) is 11.9. The number of rotatable bonds is 20. The number of benzene rings is 6. The molecular formula is C50H52N2O2S. The molecule has 0 heterocycles. The first-order chi connectivity index (χ1) is 27.2. The van der Waals surface area contributed by atoms with Gasteiger partial charge >= 0.3 is 0 Å². The average Bonchev–Trinajstić information content (AvgIpc) is 3.21. The van der Waals surface area contributed by atoms with Crippen molar-refractivity contribution in [1.82, 2.24) is 0 Å². The van der Waals surface area contributed by atoms with E-state index < -0.39 is 0 Å². The van der Waals surface area contributed by atoms with E-state index in [1.165, 1.54) is 75.3 Å². The molecule has 0 aliphatic carbocycles. The number of isocyanates is 2. The van der Waals surface area contributed by atoms with E-state index in [1.807, 2.05) is 24.3 Å². The molecule has 6 aromatic rings. The highest BCUT2D eigenvalue weighted by Gasteiger charge is 2.18. The number of carbonyl (C=O) groups excluding carboxylic acids is 2. The number of aryl methyl sites for hydroxylation is 2. The monoisotopic (exact) mass is 744 g/mol. The quantitative estimate of drug-likeness (QED) is 0.0444. The van der Waals surface area contributed by atoms with Crippen LogP contribution in [0.2, 0.25) is 0 Å². The van der Waals surface area contributed by atoms with E-state index in [0.29, 0.717) is 11.4 Å². The fourth-order valence-corrected chi connectivity index (χ4v) is 9.07. The maximum absolute atomic E-state index is 11.6. The van der Waals surface area contributed by atoms with Gasteiger partial charge in [0, 0.05) is 20.6 Å². The largest absolute Gasteiger partial charge is 0.240 e. The first kappa shape index (κ1) is 39.6. The van der Waals surface area contributed by atoms with Crippen LogP contribution in [0.1, 0.15) is 102 Å². The molecule has 0 amide bonds. The van der Waals surface area contributed by atoms with Gasteiger partial charge in [-0.15, -0.1) is 0 Å². The highest BCUT2D eigenvalue weighted by atomic mass is 32.2. The van der Waals surface area contributed by atoms with E-state index in [9.17, 15) is 9.59 Å². The van der Waals surface area contributed by atoms with Crippen molar-refractivity contribution in [1.29, 1.82) is 0 Å². The minimum Gasteiger partial charge on any atom is -0.211 e. The molecule has 5 heteroatoms. The summed E-state index contributed by atoms with van der Waals surface area (Å²) < 4.78 is 0. The molecule has 0 unspecified atom stereocenters. The second kappa shape index (κ2) is 20.6. The summed E-state index contributed by atoms with van der Waals surface area (Å²) in [6, 6.07) is 38.3. The summed E-state index contributed by atoms with van der Waals surface area (Å²) in [5, 5.41) is 4.27. The summed E-state index contributed by atoms with van der Waals surface area (Å²) >= 11 is 1.76. The van der Waals surface area contributed by atoms with Crippen molar-refractivity contribution in [2.24, 2.45) is 9.98 Å². The molecule has 0 aromatic heterocycles. The van der Waals surface area contributed by atoms with E-state index >= 15 is 0 Å². The maximum Gasteiger partial charge on any atom is 0.240 e. The zero-order valence-electron chi connectivity index (χ0n) is 32.4. The number of unbranched alkanes of at least 4 members (excludes halogenated alkanes) is 10. The molecule has 55 heavy (non-hydrogen) atoms. The molecule has 0 fully saturated rings. The second-order valence-electron chi connectivity index (χ2n) is 14.5. The first-order valence-corrected chi connectivity index (χ1v) is 21.1. The number of aliphatic imine (C=N–C) groups is 2. The normalized spacial score (nSPS) is 11.1. The molecule has 0 aliphatic rings. The van der Waals surface area contributed by atoms with Crippen LogP contribution in [0, 0.1) is 0 Å². The van der Waals surface area contributed by atoms with Gasteiger partial charge < -0.3 is 0 Å². The van der Waals surface area contributed by atoms with E-state index in [-0.39, 0.29) is 0 Å². The maximum atomic E-state index is 11.6. The van der Waals surface area contributed by atoms with Crippen LogP contribution in [0.25, 0.3) is 43.8 Å². The minimum absolute atomic E-state index is 0.677. The van der Waals surface area contributed by atoms with Crippen LogP contribution >= 0.6 is 11.8 Å². The molecule has 0 aliphatic heterocycles. The number of fused-ring (bicyclic) bond motifs is 2. The lowest BCUT2D eigenvalue weighted by atomic mass is 9.92. The predicted octanol–water partition coefficient (Wildman–Crippen LogP) is 15.2. The Morgan fingerprint density at radius 2 is 0.855 bits per heavy atom. The van der Waals surface area contributed by atoms with Crippen molar-refractivity contribution in [3.8, 4) is 22.3 Å². The lowest BCUT2D eigenvalue weighted by Crippen LogP contribution is -1.93. The first-order valence-electron chi connectivity index (χ1n) is 20.3. The third-order valence-electron chi connectivity index (χ3n) is 10.7. The van der Waals surface area contributed by atoms with E-state index in [1.54, 1.807) is 11.8 Å². The molecule has 0 N–H and O–H groups in total. The Morgan fingerprint density at radius 1 is 0.436 bits per heavy atom. The van der Waals surface area contributed by atoms with Crippen LogP contribution in [-0.2, 0) is 22.4 Å². The Labute approximate surface area is 331 Å². The number of hydrogen-bond acceptors (Lipinski definition) is 5. The van der Waals surface area contributed by atoms with Crippen LogP contribution in [0.3, 0.4) is 0 Å². The molecule has 0 saturated heterocycles. The summed E-state index contributed by atoms with van der Waals surface area (Å²) in [6.45, 7) is 4.50. The molecule has 0 spiro atoms. The summed E-state index contributed by atoms with van der Waals surface area (Å²) in [5.74, 6) is 0. The van der Waals surface area contributed by atoms with Gasteiger partial charge in [-0.3, -0.25) is 0 Å². The Morgan fingerprint density at radius 3 is 1.29 bits per heavy atom. The third kappa shape index (κ3) is 9.80. The standard InChI is InChI=1S/C50H52N2O2S/c1-3-5-7-9-11-13-21-37-23-19-27-43-39(31-33-45(49(37)43)51-35-53)41-25-15-17-29-47(41)55-48-30-18-16-26-42(48)40-32-34-46(52-36-54)50-38(24-20-28-44(40)50)22-14-12-10-8-6-4-2/h15-20,23-34H,3-14,21-22H2,1-2H3. The molecule has 0 radical (unpaired) electrons. The van der Waals surface area contributed by atoms with Crippen molar-refractivity contribution in [2.75, 3.05) is 0 Å². The molecule has 4 nitrogen and oxygen atoms in total. The van der Waals surface area contributed by atoms with Crippen molar-refractivity contribution in [3.63, 3.8) is 0 Å². The van der Waals surface area contributed by atoms with Gasteiger partial charge in [0.2, 0.25) is 12.2 Å². The molecular weight excluding hydrogens is 693 g/mol. The highest BCUT2D eigenvalue weighted by Crippen LogP contribution is 2.46. The van der Waals surface area contributed by atoms with Crippen molar-refractivity contribution in [2.45, 2.75) is 114 Å². The predicted molar refractivity (Wildman–Crippen MR) is 233 cm³/mol. The van der Waals surface area contributed by atoms with E-state index in [4.69, 9.17) is 0 Å². The average molecular weight is 745 g/mol. The SMILES string of the molecule is CCCCCCCCc1cccc2c(-c3ccccc3Sc3ccccc3-c3ccc(N=C=O)c4c(CCCCCCCC)cccc34)ccc(N=C=O)c12. The molecule has 6 aromatic carbocycles. The second-order valence-corrected chi connectivity index (χ2v) is 15.6. The molecule has 0 bridgehead atoms. The smallest absolute Gasteiger partial charge is 0.211 e. The molecule has 6 rings (SSSR count). The Kier molecular flexibility index (Phi) is 14.8. The van der Waals surface area contributed by atoms with Crippen LogP contribution in [0.4, 0.5) is 11.4 Å². The Hall–Kier alpha value is -5.05. The molecule has 0 saturated carbocycles. The molecule has 0 atom stereocenters. The fourth-order valence-electron chi connectivity index (χ4n) is 7.96. The van der Waals surface area contributed by atoms with Gasteiger partial charge in [0.15, 0.2) is 0 Å². The summed E-state index contributed by atoms with van der Waals surface area (Å²) in [7, 11) is 0. The van der Waals surface area contributed by atoms with Gasteiger partial charge in [0.25, 0.3) is 0 Å². The number of hydrogen-bond donors (Lipinski definition) is 0. The van der Waals surface area contributed by atoms with Gasteiger partial charge in [-0.1, -0.05) is 175 Å². The van der Waals surface area contributed by atoms with Crippen LogP contribution in [-0.4, -0.2) is 12.2 Å². The zero-order chi connectivity index (χ0) is 38.2. The van der Waals surface area contributed by atoms with Crippen molar-refractivity contribution >= 4 is 56.8 Å². The van der Waals surface area contributed by atoms with Crippen molar-refractivity contribution in [3.05, 3.63) is 120 Å². The zero-order valence-corrected chi connectivity index (χ0v) is 33.2. The van der Waals surface area contributed by atoms with Gasteiger partial charge in [0.05, 0.1) is 11.4 Å². The highest BCUT2D eigenvalue weighted by molar-refractivity contribution is 7.99. The Bertz CT molecular complexity index is 2150. The minimum atomic E-state index is 0.677. The topological polar surface area (TPSA) is 58.9 Å². The summed E-state index contributed by atoms with van der Waals surface area (Å²) in [5.41, 5.74) is 8.30. The lowest BCUT2D eigenvalue weighted by Gasteiger charge is -2.18. The fraction of sp³-hybridized carbons (Fsp3) is 0.320. The lowest BCUT2D eigenvalue weighted by molar-refractivity contribution is 0.564.